The second-order valence-electron chi connectivity index (χ2n) is 7.85. The molecule has 2 aliphatic rings. The Morgan fingerprint density at radius 2 is 2.25 bits per heavy atom. The second kappa shape index (κ2) is 9.55. The van der Waals surface area contributed by atoms with Crippen LogP contribution in [0, 0.1) is 0 Å². The first-order chi connectivity index (χ1) is 17.3. The molecule has 36 heavy (non-hydrogen) atoms. The van der Waals surface area contributed by atoms with Gasteiger partial charge in [-0.25, -0.2) is 18.7 Å². The third-order valence-corrected chi connectivity index (χ3v) is 8.16. The van der Waals surface area contributed by atoms with Crippen molar-refractivity contribution < 1.29 is 28.9 Å². The third-order valence-electron chi connectivity index (χ3n) is 5.68. The van der Waals surface area contributed by atoms with Gasteiger partial charge in [-0.3, -0.25) is 14.5 Å². The first kappa shape index (κ1) is 24.3. The largest absolute Gasteiger partial charge is 0.477 e. The van der Waals surface area contributed by atoms with Gasteiger partial charge in [0, 0.05) is 22.8 Å². The number of carbonyl (C=O) groups is 3. The summed E-state index contributed by atoms with van der Waals surface area (Å²) in [4.78, 5) is 48.2. The molecule has 1 saturated heterocycles. The zero-order chi connectivity index (χ0) is 25.6. The minimum Gasteiger partial charge on any atom is -0.477 e. The minimum atomic E-state index is -1.19. The van der Waals surface area contributed by atoms with E-state index in [4.69, 9.17) is 10.6 Å². The highest BCUT2D eigenvalue weighted by Crippen LogP contribution is 2.40. The Balaban J connectivity index is 1.37. The Bertz CT molecular complexity index is 1470. The third kappa shape index (κ3) is 4.22. The molecule has 0 aliphatic carbocycles. The van der Waals surface area contributed by atoms with Crippen molar-refractivity contribution in [3.8, 4) is 0 Å². The number of pyridine rings is 1. The van der Waals surface area contributed by atoms with Crippen LogP contribution in [0.5, 0.6) is 0 Å². The van der Waals surface area contributed by atoms with Crippen LogP contribution < -0.4 is 15.6 Å². The number of rotatable bonds is 7. The van der Waals surface area contributed by atoms with Gasteiger partial charge in [-0.1, -0.05) is 5.16 Å². The van der Waals surface area contributed by atoms with Gasteiger partial charge in [-0.15, -0.1) is 23.1 Å². The second-order valence-corrected chi connectivity index (χ2v) is 10.8. The quantitative estimate of drug-likeness (QED) is 0.157. The molecule has 4 N–H and O–H groups in total. The molecule has 0 aromatic carbocycles. The topological polar surface area (TPSA) is 156 Å². The number of nitrogens with two attached hydrogens (primary N) is 1. The molecular formula is C21H19BrN7O5S2+. The molecule has 5 rings (SSSR count). The molecule has 2 amide bonds. The normalized spacial score (nSPS) is 19.8. The Hall–Kier alpha value is -3.43. The monoisotopic (exact) mass is 592 g/mol. The van der Waals surface area contributed by atoms with Crippen molar-refractivity contribution in [2.24, 2.45) is 5.16 Å². The molecule has 15 heteroatoms. The summed E-state index contributed by atoms with van der Waals surface area (Å²) < 4.78 is 4.75. The molecule has 0 saturated carbocycles. The van der Waals surface area contributed by atoms with Crippen molar-refractivity contribution in [3.63, 3.8) is 0 Å². The van der Waals surface area contributed by atoms with Gasteiger partial charge in [-0.05, 0) is 22.0 Å². The predicted octanol–water partition coefficient (Wildman–Crippen LogP) is 0.817. The average molecular weight is 593 g/mol. The number of fused-ring (bicyclic) bond motifs is 2. The van der Waals surface area contributed by atoms with E-state index < -0.39 is 29.2 Å². The van der Waals surface area contributed by atoms with Crippen LogP contribution in [0.4, 0.5) is 5.13 Å². The van der Waals surface area contributed by atoms with E-state index in [-0.39, 0.29) is 22.2 Å². The van der Waals surface area contributed by atoms with Crippen LogP contribution in [0.2, 0.25) is 0 Å². The zero-order valence-corrected chi connectivity index (χ0v) is 21.8. The summed E-state index contributed by atoms with van der Waals surface area (Å²) in [5, 5.41) is 17.6. The van der Waals surface area contributed by atoms with Gasteiger partial charge in [-0.2, -0.15) is 0 Å². The van der Waals surface area contributed by atoms with Crippen molar-refractivity contribution in [2.45, 2.75) is 18.0 Å². The first-order valence-corrected chi connectivity index (χ1v) is 13.2. The number of oxime groups is 1. The molecule has 5 heterocycles. The number of thioether (sulfide) groups is 1. The number of thiazole rings is 1. The minimum absolute atomic E-state index is 0.0590. The Morgan fingerprint density at radius 3 is 2.94 bits per heavy atom. The molecule has 0 spiro atoms. The number of amides is 2. The van der Waals surface area contributed by atoms with E-state index >= 15 is 0 Å². The van der Waals surface area contributed by atoms with Crippen LogP contribution in [0.25, 0.3) is 5.65 Å². The molecule has 0 bridgehead atoms. The van der Waals surface area contributed by atoms with Crippen LogP contribution >= 0.6 is 39.0 Å². The number of aromatic nitrogens is 3. The van der Waals surface area contributed by atoms with Gasteiger partial charge in [0.25, 0.3) is 17.5 Å². The molecule has 12 nitrogen and oxygen atoms in total. The number of imidazole rings is 1. The number of anilines is 1. The Kier molecular flexibility index (Phi) is 6.44. The molecule has 3 aromatic rings. The maximum absolute atomic E-state index is 13.0. The maximum Gasteiger partial charge on any atom is 0.352 e. The lowest BCUT2D eigenvalue weighted by atomic mass is 10.0. The van der Waals surface area contributed by atoms with Crippen molar-refractivity contribution >= 4 is 73.3 Å². The smallest absolute Gasteiger partial charge is 0.352 e. The number of carbonyl (C=O) groups excluding carboxylic acids is 2. The highest BCUT2D eigenvalue weighted by Gasteiger charge is 2.54. The average Bonchev–Trinajstić information content (AvgIpc) is 3.45. The molecule has 1 fully saturated rings. The van der Waals surface area contributed by atoms with E-state index in [0.29, 0.717) is 17.9 Å². The summed E-state index contributed by atoms with van der Waals surface area (Å²) in [6.45, 7) is 0.302. The molecule has 2 aliphatic heterocycles. The SMILES string of the molecule is CON=C(C(=O)N[C@@H]1C(=O)N2C(C(=O)O)=C(C[n+]3ccn4cc(Br)ccc43)CS[C@@H]12)c1csc(N)n1. The van der Waals surface area contributed by atoms with Gasteiger partial charge in [0.05, 0.1) is 4.47 Å². The van der Waals surface area contributed by atoms with Gasteiger partial charge in [0.1, 0.15) is 55.1 Å². The number of β-lactam (4-membered cyclic amide) rings is 1. The Labute approximate surface area is 220 Å². The molecule has 2 atom stereocenters. The van der Waals surface area contributed by atoms with Gasteiger partial charge < -0.3 is 21.0 Å². The van der Waals surface area contributed by atoms with E-state index in [2.05, 4.69) is 31.4 Å². The number of aliphatic carboxylic acids is 1. The molecule has 3 aromatic heterocycles. The van der Waals surface area contributed by atoms with Crippen LogP contribution in [0.3, 0.4) is 0 Å². The zero-order valence-electron chi connectivity index (χ0n) is 18.6. The van der Waals surface area contributed by atoms with Gasteiger partial charge >= 0.3 is 5.97 Å². The fraction of sp³-hybridized carbons (Fsp3) is 0.238. The number of halogens is 1. The fourth-order valence-electron chi connectivity index (χ4n) is 4.12. The number of hydrogen-bond donors (Lipinski definition) is 3. The number of nitrogens with one attached hydrogen (secondary N) is 1. The molecule has 0 radical (unpaired) electrons. The van der Waals surface area contributed by atoms with Crippen LogP contribution in [-0.2, 0) is 25.8 Å². The molecule has 0 unspecified atom stereocenters. The lowest BCUT2D eigenvalue weighted by Gasteiger charge is -2.49. The van der Waals surface area contributed by atoms with E-state index in [1.165, 1.54) is 23.8 Å². The predicted molar refractivity (Wildman–Crippen MR) is 135 cm³/mol. The number of nitrogen functional groups attached to an aromatic ring is 1. The summed E-state index contributed by atoms with van der Waals surface area (Å²) in [5.74, 6) is -2.00. The highest BCUT2D eigenvalue weighted by molar-refractivity contribution is 9.10. The van der Waals surface area contributed by atoms with Gasteiger partial charge in [0.2, 0.25) is 0 Å². The van der Waals surface area contributed by atoms with Gasteiger partial charge in [0.15, 0.2) is 10.8 Å². The van der Waals surface area contributed by atoms with Crippen molar-refractivity contribution in [1.82, 2.24) is 19.6 Å². The van der Waals surface area contributed by atoms with E-state index in [1.54, 1.807) is 5.38 Å². The summed E-state index contributed by atoms with van der Waals surface area (Å²) in [7, 11) is 1.28. The first-order valence-electron chi connectivity index (χ1n) is 10.5. The fourth-order valence-corrected chi connectivity index (χ4v) is 6.36. The number of hydrogen-bond acceptors (Lipinski definition) is 9. The standard InChI is InChI=1S/C21H18BrN7O5S2/c1-34-26-14(12-9-36-21(23)24-12)17(30)25-15-18(31)29-16(20(32)33)10(8-35-19(15)29)6-27-4-5-28-7-11(22)2-3-13(27)28/h2-5,7,9,15,19H,6,8H2,1H3,(H3-,23,24,25,30,32,33)/p+1/t15-,19+/m1/s1. The summed E-state index contributed by atoms with van der Waals surface area (Å²) in [6, 6.07) is 2.90. The molecular weight excluding hydrogens is 574 g/mol. The summed E-state index contributed by atoms with van der Waals surface area (Å²) in [6.07, 6.45) is 5.63. The van der Waals surface area contributed by atoms with E-state index in [9.17, 15) is 19.5 Å². The van der Waals surface area contributed by atoms with Crippen LogP contribution in [-0.4, -0.2) is 67.2 Å². The summed E-state index contributed by atoms with van der Waals surface area (Å²) >= 11 is 5.96. The lowest BCUT2D eigenvalue weighted by Crippen LogP contribution is -2.71. The van der Waals surface area contributed by atoms with Crippen molar-refractivity contribution in [1.29, 1.82) is 0 Å². The molecule has 186 valence electrons. The summed E-state index contributed by atoms with van der Waals surface area (Å²) in [5.41, 5.74) is 7.15. The van der Waals surface area contributed by atoms with Crippen molar-refractivity contribution in [3.05, 3.63) is 57.5 Å². The van der Waals surface area contributed by atoms with E-state index in [1.807, 2.05) is 39.7 Å². The van der Waals surface area contributed by atoms with Crippen LogP contribution in [0.1, 0.15) is 5.69 Å². The number of carboxylic acid groups (broad SMARTS) is 1. The van der Waals surface area contributed by atoms with Crippen LogP contribution in [0.15, 0.2) is 57.0 Å². The maximum atomic E-state index is 13.0. The number of nitrogens with zero attached hydrogens (tertiary/aromatic N) is 5. The Morgan fingerprint density at radius 1 is 1.44 bits per heavy atom. The lowest BCUT2D eigenvalue weighted by molar-refractivity contribution is -0.662. The number of carboxylic acids is 1. The van der Waals surface area contributed by atoms with Crippen molar-refractivity contribution in [2.75, 3.05) is 18.6 Å². The van der Waals surface area contributed by atoms with E-state index in [0.717, 1.165) is 21.5 Å². The highest BCUT2D eigenvalue weighted by atomic mass is 79.9.